The monoisotopic (exact) mass is 284 g/mol. The summed E-state index contributed by atoms with van der Waals surface area (Å²) in [5, 5.41) is 18.0. The third-order valence-electron chi connectivity index (χ3n) is 3.29. The van der Waals surface area contributed by atoms with Gasteiger partial charge in [0.25, 0.3) is 0 Å². The zero-order chi connectivity index (χ0) is 14.3. The van der Waals surface area contributed by atoms with Crippen LogP contribution in [0.5, 0.6) is 0 Å². The number of aliphatic hydroxyl groups excluding tert-OH is 1. The van der Waals surface area contributed by atoms with Gasteiger partial charge in [-0.2, -0.15) is 0 Å². The Labute approximate surface area is 119 Å². The van der Waals surface area contributed by atoms with E-state index in [1.807, 2.05) is 11.4 Å². The van der Waals surface area contributed by atoms with Crippen LogP contribution in [0, 0.1) is 5.92 Å². The third-order valence-corrected chi connectivity index (χ3v) is 4.21. The van der Waals surface area contributed by atoms with Crippen LogP contribution >= 0.6 is 11.3 Å². The normalized spacial score (nSPS) is 12.7. The molecule has 0 aliphatic heterocycles. The number of amides is 1. The molecule has 108 valence electrons. The van der Waals surface area contributed by atoms with Gasteiger partial charge >= 0.3 is 0 Å². The molecular weight excluding hydrogens is 260 g/mol. The Balaban J connectivity index is 2.41. The minimum absolute atomic E-state index is 0.0586. The fourth-order valence-corrected chi connectivity index (χ4v) is 2.91. The van der Waals surface area contributed by atoms with Crippen LogP contribution in [-0.2, 0) is 11.3 Å². The van der Waals surface area contributed by atoms with E-state index in [0.29, 0.717) is 19.0 Å². The third kappa shape index (κ3) is 5.30. The maximum absolute atomic E-state index is 11.0. The van der Waals surface area contributed by atoms with E-state index < -0.39 is 0 Å². The highest BCUT2D eigenvalue weighted by Gasteiger charge is 2.15. The summed E-state index contributed by atoms with van der Waals surface area (Å²) in [6, 6.07) is 1.90. The lowest BCUT2D eigenvalue weighted by atomic mass is 9.96. The fraction of sp³-hybridized carbons (Fsp3) is 0.643. The quantitative estimate of drug-likeness (QED) is 0.687. The molecule has 1 amide bonds. The van der Waals surface area contributed by atoms with Gasteiger partial charge in [-0.3, -0.25) is 4.79 Å². The predicted molar refractivity (Wildman–Crippen MR) is 80.4 cm³/mol. The van der Waals surface area contributed by atoms with Gasteiger partial charge in [-0.1, -0.05) is 26.7 Å². The van der Waals surface area contributed by atoms with Gasteiger partial charge < -0.3 is 15.7 Å². The molecule has 0 spiro atoms. The lowest BCUT2D eigenvalue weighted by Crippen LogP contribution is -2.32. The smallest absolute Gasteiger partial charge is 0.221 e. The molecule has 0 saturated heterocycles. The van der Waals surface area contributed by atoms with Crippen molar-refractivity contribution in [1.29, 1.82) is 0 Å². The largest absolute Gasteiger partial charge is 0.392 e. The van der Waals surface area contributed by atoms with E-state index in [4.69, 9.17) is 0 Å². The van der Waals surface area contributed by atoms with E-state index in [-0.39, 0.29) is 12.0 Å². The second-order valence-electron chi connectivity index (χ2n) is 4.71. The second-order valence-corrected chi connectivity index (χ2v) is 5.71. The van der Waals surface area contributed by atoms with Crippen LogP contribution in [0.15, 0.2) is 11.4 Å². The minimum Gasteiger partial charge on any atom is -0.392 e. The predicted octanol–water partition coefficient (Wildman–Crippen LogP) is 2.59. The Bertz CT molecular complexity index is 389. The van der Waals surface area contributed by atoms with Gasteiger partial charge in [0.15, 0.2) is 0 Å². The summed E-state index contributed by atoms with van der Waals surface area (Å²) in [6.07, 6.45) is 1.68. The average Bonchev–Trinajstić information content (AvgIpc) is 2.77. The van der Waals surface area contributed by atoms with Crippen molar-refractivity contribution in [2.45, 2.75) is 46.3 Å². The molecule has 0 aliphatic rings. The van der Waals surface area contributed by atoms with Gasteiger partial charge in [0.05, 0.1) is 11.8 Å². The molecule has 1 aromatic heterocycles. The van der Waals surface area contributed by atoms with Crippen LogP contribution in [0.25, 0.3) is 0 Å². The second kappa shape index (κ2) is 8.30. The maximum Gasteiger partial charge on any atom is 0.221 e. The highest BCUT2D eigenvalue weighted by Crippen LogP contribution is 2.22. The first-order valence-corrected chi connectivity index (χ1v) is 7.69. The topological polar surface area (TPSA) is 61.4 Å². The molecule has 0 saturated carbocycles. The van der Waals surface area contributed by atoms with E-state index in [1.165, 1.54) is 6.92 Å². The molecular formula is C14H24N2O2S. The number of hydrogen-bond donors (Lipinski definition) is 3. The first-order valence-electron chi connectivity index (χ1n) is 6.81. The van der Waals surface area contributed by atoms with Crippen molar-refractivity contribution < 1.29 is 9.90 Å². The van der Waals surface area contributed by atoms with E-state index in [1.54, 1.807) is 11.3 Å². The number of rotatable bonds is 8. The highest BCUT2D eigenvalue weighted by molar-refractivity contribution is 7.10. The average molecular weight is 284 g/mol. The summed E-state index contributed by atoms with van der Waals surface area (Å²) < 4.78 is 0. The van der Waals surface area contributed by atoms with Crippen LogP contribution in [0.4, 0.5) is 5.69 Å². The Hall–Kier alpha value is -0.910. The van der Waals surface area contributed by atoms with Gasteiger partial charge in [-0.25, -0.2) is 0 Å². The first-order chi connectivity index (χ1) is 9.08. The summed E-state index contributed by atoms with van der Waals surface area (Å²) >= 11 is 1.60. The lowest BCUT2D eigenvalue weighted by Gasteiger charge is -2.20. The Morgan fingerprint density at radius 2 is 2.11 bits per heavy atom. The molecule has 1 aromatic rings. The molecule has 5 heteroatoms. The van der Waals surface area contributed by atoms with Gasteiger partial charge in [0.1, 0.15) is 0 Å². The summed E-state index contributed by atoms with van der Waals surface area (Å²) in [4.78, 5) is 12.1. The first kappa shape index (κ1) is 16.1. The van der Waals surface area contributed by atoms with E-state index in [2.05, 4.69) is 24.5 Å². The molecule has 19 heavy (non-hydrogen) atoms. The van der Waals surface area contributed by atoms with Gasteiger partial charge in [-0.15, -0.1) is 11.3 Å². The van der Waals surface area contributed by atoms with Crippen LogP contribution in [0.3, 0.4) is 0 Å². The SMILES string of the molecule is CCC(CC)C(O)CNCc1sccc1NC(C)=O. The molecule has 0 bridgehead atoms. The number of hydrogen-bond acceptors (Lipinski definition) is 4. The van der Waals surface area contributed by atoms with E-state index in [0.717, 1.165) is 23.4 Å². The number of thiophene rings is 1. The van der Waals surface area contributed by atoms with Gasteiger partial charge in [0.2, 0.25) is 5.91 Å². The molecule has 0 fully saturated rings. The highest BCUT2D eigenvalue weighted by atomic mass is 32.1. The van der Waals surface area contributed by atoms with Crippen molar-refractivity contribution >= 4 is 22.9 Å². The number of carbonyl (C=O) groups excluding carboxylic acids is 1. The molecule has 0 aliphatic carbocycles. The molecule has 1 rings (SSSR count). The molecule has 3 N–H and O–H groups in total. The van der Waals surface area contributed by atoms with Crippen LogP contribution < -0.4 is 10.6 Å². The fourth-order valence-electron chi connectivity index (χ4n) is 2.11. The molecule has 0 radical (unpaired) electrons. The van der Waals surface area contributed by atoms with E-state index in [9.17, 15) is 9.90 Å². The zero-order valence-electron chi connectivity index (χ0n) is 11.9. The molecule has 1 unspecified atom stereocenters. The van der Waals surface area contributed by atoms with Crippen LogP contribution in [0.1, 0.15) is 38.5 Å². The number of nitrogens with one attached hydrogen (secondary N) is 2. The zero-order valence-corrected chi connectivity index (χ0v) is 12.7. The summed E-state index contributed by atoms with van der Waals surface area (Å²) in [6.45, 7) is 6.97. The molecule has 4 nitrogen and oxygen atoms in total. The maximum atomic E-state index is 11.0. The van der Waals surface area contributed by atoms with Crippen molar-refractivity contribution in [3.05, 3.63) is 16.3 Å². The van der Waals surface area contributed by atoms with Crippen molar-refractivity contribution in [3.8, 4) is 0 Å². The van der Waals surface area contributed by atoms with Gasteiger partial charge in [0, 0.05) is 24.9 Å². The van der Waals surface area contributed by atoms with Crippen molar-refractivity contribution in [2.24, 2.45) is 5.92 Å². The van der Waals surface area contributed by atoms with Crippen LogP contribution in [0.2, 0.25) is 0 Å². The Morgan fingerprint density at radius 1 is 1.42 bits per heavy atom. The van der Waals surface area contributed by atoms with Crippen molar-refractivity contribution in [1.82, 2.24) is 5.32 Å². The Kier molecular flexibility index (Phi) is 7.05. The summed E-state index contributed by atoms with van der Waals surface area (Å²) in [5.74, 6) is 0.294. The summed E-state index contributed by atoms with van der Waals surface area (Å²) in [7, 11) is 0. The standard InChI is InChI=1S/C14H24N2O2S/c1-4-11(5-2)13(18)8-15-9-14-12(6-7-19-14)16-10(3)17/h6-7,11,13,15,18H,4-5,8-9H2,1-3H3,(H,16,17). The molecule has 0 aromatic carbocycles. The number of aliphatic hydroxyl groups is 1. The van der Waals surface area contributed by atoms with Gasteiger partial charge in [-0.05, 0) is 17.4 Å². The van der Waals surface area contributed by atoms with E-state index >= 15 is 0 Å². The van der Waals surface area contributed by atoms with Crippen molar-refractivity contribution in [3.63, 3.8) is 0 Å². The molecule has 1 heterocycles. The number of carbonyl (C=O) groups is 1. The molecule has 1 atom stereocenters. The van der Waals surface area contributed by atoms with Crippen molar-refractivity contribution in [2.75, 3.05) is 11.9 Å². The number of anilines is 1. The minimum atomic E-state index is -0.306. The van der Waals surface area contributed by atoms with Crippen LogP contribution in [-0.4, -0.2) is 23.7 Å². The Morgan fingerprint density at radius 3 is 2.68 bits per heavy atom. The lowest BCUT2D eigenvalue weighted by molar-refractivity contribution is -0.114. The summed E-state index contributed by atoms with van der Waals surface area (Å²) in [5.41, 5.74) is 0.863.